The van der Waals surface area contributed by atoms with Crippen LogP contribution in [-0.2, 0) is 11.2 Å². The predicted molar refractivity (Wildman–Crippen MR) is 46.0 cm³/mol. The van der Waals surface area contributed by atoms with Gasteiger partial charge in [-0.15, -0.1) is 11.3 Å². The minimum Gasteiger partial charge on any atom is -0.472 e. The Balaban J connectivity index is 2.78. The van der Waals surface area contributed by atoms with Crippen molar-refractivity contribution in [2.75, 3.05) is 0 Å². The van der Waals surface area contributed by atoms with Gasteiger partial charge >= 0.3 is 5.97 Å². The van der Waals surface area contributed by atoms with Crippen molar-refractivity contribution < 1.29 is 9.90 Å². The van der Waals surface area contributed by atoms with Crippen molar-refractivity contribution in [3.63, 3.8) is 0 Å². The van der Waals surface area contributed by atoms with Crippen molar-refractivity contribution >= 4 is 17.3 Å². The lowest BCUT2D eigenvalue weighted by Crippen LogP contribution is -1.85. The second-order valence-electron chi connectivity index (χ2n) is 2.03. The molecular weight excluding hydrogens is 174 g/mol. The third-order valence-electron chi connectivity index (χ3n) is 1.15. The van der Waals surface area contributed by atoms with Gasteiger partial charge in [0.1, 0.15) is 0 Å². The molecule has 0 spiro atoms. The third-order valence-corrected chi connectivity index (χ3v) is 2.21. The van der Waals surface area contributed by atoms with Crippen molar-refractivity contribution in [1.82, 2.24) is 4.98 Å². The molecule has 4 heteroatoms. The summed E-state index contributed by atoms with van der Waals surface area (Å²) >= 11 is 1.43. The van der Waals surface area contributed by atoms with Gasteiger partial charge in [0.25, 0.3) is 0 Å². The minimum atomic E-state index is -1.11. The molecule has 1 heterocycles. The number of aliphatic carboxylic acids is 1. The fourth-order valence-corrected chi connectivity index (χ4v) is 1.36. The van der Waals surface area contributed by atoms with E-state index in [2.05, 4.69) is 10.9 Å². The SMILES string of the molecule is CCc1ncc(C#CC(=O)O)s1. The van der Waals surface area contributed by atoms with E-state index < -0.39 is 5.97 Å². The molecule has 62 valence electrons. The first-order valence-corrected chi connectivity index (χ1v) is 4.23. The molecule has 0 aliphatic heterocycles. The maximum absolute atomic E-state index is 10.1. The largest absolute Gasteiger partial charge is 0.472 e. The number of hydrogen-bond acceptors (Lipinski definition) is 3. The lowest BCUT2D eigenvalue weighted by molar-refractivity contribution is -0.130. The number of carbonyl (C=O) groups is 1. The number of thiazole rings is 1. The molecule has 0 unspecified atom stereocenters. The predicted octanol–water partition coefficient (Wildman–Crippen LogP) is 1.14. The highest BCUT2D eigenvalue weighted by Crippen LogP contribution is 2.11. The second-order valence-corrected chi connectivity index (χ2v) is 3.14. The number of aromatic nitrogens is 1. The number of nitrogens with zero attached hydrogens (tertiary/aromatic N) is 1. The summed E-state index contributed by atoms with van der Waals surface area (Å²) in [5.41, 5.74) is 0. The molecule has 12 heavy (non-hydrogen) atoms. The van der Waals surface area contributed by atoms with E-state index in [0.717, 1.165) is 11.4 Å². The van der Waals surface area contributed by atoms with E-state index in [0.29, 0.717) is 4.88 Å². The van der Waals surface area contributed by atoms with Crippen LogP contribution < -0.4 is 0 Å². The summed E-state index contributed by atoms with van der Waals surface area (Å²) in [5.74, 6) is 3.43. The van der Waals surface area contributed by atoms with Crippen LogP contribution in [0.4, 0.5) is 0 Å². The van der Waals surface area contributed by atoms with E-state index in [-0.39, 0.29) is 0 Å². The van der Waals surface area contributed by atoms with Crippen molar-refractivity contribution in [3.8, 4) is 11.8 Å². The highest BCUT2D eigenvalue weighted by atomic mass is 32.1. The molecule has 0 bridgehead atoms. The quantitative estimate of drug-likeness (QED) is 0.661. The second kappa shape index (κ2) is 3.88. The van der Waals surface area contributed by atoms with Crippen LogP contribution in [0.2, 0.25) is 0 Å². The highest BCUT2D eigenvalue weighted by molar-refractivity contribution is 7.12. The van der Waals surface area contributed by atoms with Crippen LogP contribution >= 0.6 is 11.3 Å². The smallest absolute Gasteiger partial charge is 0.382 e. The standard InChI is InChI=1S/C8H7NO2S/c1-2-7-9-5-6(12-7)3-4-8(10)11/h5H,2H2,1H3,(H,10,11). The first-order valence-electron chi connectivity index (χ1n) is 3.42. The Morgan fingerprint density at radius 3 is 3.08 bits per heavy atom. The van der Waals surface area contributed by atoms with E-state index in [4.69, 9.17) is 5.11 Å². The summed E-state index contributed by atoms with van der Waals surface area (Å²) < 4.78 is 0. The van der Waals surface area contributed by atoms with Crippen molar-refractivity contribution in [2.45, 2.75) is 13.3 Å². The molecule has 0 atom stereocenters. The van der Waals surface area contributed by atoms with Crippen LogP contribution in [-0.4, -0.2) is 16.1 Å². The van der Waals surface area contributed by atoms with Crippen molar-refractivity contribution in [2.24, 2.45) is 0 Å². The average molecular weight is 181 g/mol. The molecule has 1 aromatic heterocycles. The molecule has 0 amide bonds. The average Bonchev–Trinajstić information content (AvgIpc) is 2.48. The van der Waals surface area contributed by atoms with Gasteiger partial charge in [0.05, 0.1) is 16.1 Å². The highest BCUT2D eigenvalue weighted by Gasteiger charge is 1.95. The molecule has 0 fully saturated rings. The molecular formula is C8H7NO2S. The summed E-state index contributed by atoms with van der Waals surface area (Å²) in [5, 5.41) is 9.23. The van der Waals surface area contributed by atoms with Gasteiger partial charge in [0.15, 0.2) is 0 Å². The summed E-state index contributed by atoms with van der Waals surface area (Å²) in [6.45, 7) is 1.99. The molecule has 3 nitrogen and oxygen atoms in total. The van der Waals surface area contributed by atoms with Gasteiger partial charge in [0, 0.05) is 5.92 Å². The molecule has 0 aliphatic carbocycles. The van der Waals surface area contributed by atoms with Crippen molar-refractivity contribution in [3.05, 3.63) is 16.1 Å². The zero-order chi connectivity index (χ0) is 8.97. The number of hydrogen-bond donors (Lipinski definition) is 1. The summed E-state index contributed by atoms with van der Waals surface area (Å²) in [6, 6.07) is 0. The first-order chi connectivity index (χ1) is 5.72. The number of rotatable bonds is 1. The van der Waals surface area contributed by atoms with Gasteiger partial charge in [-0.3, -0.25) is 0 Å². The third kappa shape index (κ3) is 2.36. The molecule has 1 rings (SSSR count). The zero-order valence-corrected chi connectivity index (χ0v) is 7.31. The van der Waals surface area contributed by atoms with Gasteiger partial charge < -0.3 is 5.11 Å². The maximum atomic E-state index is 10.1. The fourth-order valence-electron chi connectivity index (χ4n) is 0.647. The van der Waals surface area contributed by atoms with Crippen LogP contribution in [0.1, 0.15) is 16.8 Å². The van der Waals surface area contributed by atoms with Crippen LogP contribution in [0, 0.1) is 11.8 Å². The molecule has 0 aliphatic rings. The summed E-state index contributed by atoms with van der Waals surface area (Å²) in [7, 11) is 0. The van der Waals surface area contributed by atoms with E-state index in [1.807, 2.05) is 12.8 Å². The van der Waals surface area contributed by atoms with Crippen LogP contribution in [0.15, 0.2) is 6.20 Å². The van der Waals surface area contributed by atoms with Crippen LogP contribution in [0.5, 0.6) is 0 Å². The van der Waals surface area contributed by atoms with Crippen molar-refractivity contribution in [1.29, 1.82) is 0 Å². The van der Waals surface area contributed by atoms with E-state index in [1.54, 1.807) is 6.20 Å². The lowest BCUT2D eigenvalue weighted by Gasteiger charge is -1.78. The zero-order valence-electron chi connectivity index (χ0n) is 6.50. The van der Waals surface area contributed by atoms with Gasteiger partial charge in [-0.2, -0.15) is 0 Å². The topological polar surface area (TPSA) is 50.2 Å². The molecule has 0 aromatic carbocycles. The monoisotopic (exact) mass is 181 g/mol. The van der Waals surface area contributed by atoms with Gasteiger partial charge in [-0.25, -0.2) is 9.78 Å². The van der Waals surface area contributed by atoms with E-state index >= 15 is 0 Å². The normalized spacial score (nSPS) is 8.75. The Morgan fingerprint density at radius 2 is 2.58 bits per heavy atom. The Hall–Kier alpha value is -1.34. The number of carboxylic acid groups (broad SMARTS) is 1. The van der Waals surface area contributed by atoms with Gasteiger partial charge in [-0.05, 0) is 12.3 Å². The van der Waals surface area contributed by atoms with Crippen LogP contribution in [0.25, 0.3) is 0 Å². The number of carboxylic acids is 1. The molecule has 1 N–H and O–H groups in total. The maximum Gasteiger partial charge on any atom is 0.382 e. The minimum absolute atomic E-state index is 0.703. The molecule has 0 saturated carbocycles. The molecule has 1 aromatic rings. The molecule has 0 radical (unpaired) electrons. The number of aryl methyl sites for hydroxylation is 1. The Bertz CT molecular complexity index is 345. The van der Waals surface area contributed by atoms with E-state index in [9.17, 15) is 4.79 Å². The first kappa shape index (κ1) is 8.75. The van der Waals surface area contributed by atoms with Gasteiger partial charge in [0.2, 0.25) is 0 Å². The van der Waals surface area contributed by atoms with Gasteiger partial charge in [-0.1, -0.05) is 6.92 Å². The fraction of sp³-hybridized carbons (Fsp3) is 0.250. The summed E-state index contributed by atoms with van der Waals surface area (Å²) in [6.07, 6.45) is 2.46. The summed E-state index contributed by atoms with van der Waals surface area (Å²) in [4.78, 5) is 14.8. The van der Waals surface area contributed by atoms with E-state index in [1.165, 1.54) is 11.3 Å². The lowest BCUT2D eigenvalue weighted by atomic mass is 10.5. The van der Waals surface area contributed by atoms with Crippen LogP contribution in [0.3, 0.4) is 0 Å². The Kier molecular flexibility index (Phi) is 2.83. The molecule has 0 saturated heterocycles. The Morgan fingerprint density at radius 1 is 1.83 bits per heavy atom. The Labute approximate surface area is 74.1 Å².